The molecule has 2 rings (SSSR count). The van der Waals surface area contributed by atoms with E-state index in [2.05, 4.69) is 15.0 Å². The van der Waals surface area contributed by atoms with Crippen molar-refractivity contribution < 1.29 is 13.2 Å². The average Bonchev–Trinajstić information content (AvgIpc) is 2.89. The lowest BCUT2D eigenvalue weighted by molar-refractivity contribution is 0.319. The van der Waals surface area contributed by atoms with Crippen molar-refractivity contribution in [2.75, 3.05) is 13.1 Å². The van der Waals surface area contributed by atoms with Crippen LogP contribution in [0.4, 0.5) is 0 Å². The van der Waals surface area contributed by atoms with E-state index >= 15 is 0 Å². The zero-order chi connectivity index (χ0) is 13.9. The summed E-state index contributed by atoms with van der Waals surface area (Å²) in [6.45, 7) is 2.62. The molecule has 0 spiro atoms. The summed E-state index contributed by atoms with van der Waals surface area (Å²) in [4.78, 5) is 20.6. The summed E-state index contributed by atoms with van der Waals surface area (Å²) in [5.41, 5.74) is 0. The van der Waals surface area contributed by atoms with Crippen molar-refractivity contribution in [3.05, 3.63) is 12.0 Å². The number of rotatable bonds is 4. The van der Waals surface area contributed by atoms with E-state index in [0.717, 1.165) is 0 Å². The van der Waals surface area contributed by atoms with E-state index in [-0.39, 0.29) is 11.1 Å². The van der Waals surface area contributed by atoms with Crippen LogP contribution in [-0.2, 0) is 21.2 Å². The third kappa shape index (κ3) is 2.91. The molecule has 1 aliphatic heterocycles. The predicted octanol–water partition coefficient (Wildman–Crippen LogP) is 0.461. The van der Waals surface area contributed by atoms with Gasteiger partial charge in [0, 0.05) is 19.5 Å². The third-order valence-electron chi connectivity index (χ3n) is 3.22. The smallest absolute Gasteiger partial charge is 0.260 e. The van der Waals surface area contributed by atoms with Crippen LogP contribution in [0.15, 0.2) is 16.2 Å². The summed E-state index contributed by atoms with van der Waals surface area (Å²) in [7, 11) is -3.51. The fourth-order valence-electron chi connectivity index (χ4n) is 2.08. The van der Waals surface area contributed by atoms with E-state index in [9.17, 15) is 13.2 Å². The number of aryl methyl sites for hydroxylation is 1. The molecule has 0 amide bonds. The number of piperidine rings is 1. The van der Waals surface area contributed by atoms with Crippen molar-refractivity contribution in [2.45, 2.75) is 37.3 Å². The van der Waals surface area contributed by atoms with Crippen LogP contribution in [0.2, 0.25) is 0 Å². The molecule has 0 radical (unpaired) electrons. The second kappa shape index (κ2) is 5.64. The molecule has 1 aromatic rings. The Morgan fingerprint density at radius 3 is 2.74 bits per heavy atom. The van der Waals surface area contributed by atoms with Crippen molar-refractivity contribution >= 4 is 16.1 Å². The van der Waals surface area contributed by atoms with Crippen molar-refractivity contribution in [1.82, 2.24) is 14.3 Å². The molecule has 1 aromatic heterocycles. The maximum absolute atomic E-state index is 12.3. The number of H-pyrrole nitrogens is 1. The first-order valence-electron chi connectivity index (χ1n) is 6.19. The molecule has 1 fully saturated rings. The van der Waals surface area contributed by atoms with Gasteiger partial charge in [0.15, 0.2) is 5.03 Å². The first-order valence-corrected chi connectivity index (χ1v) is 7.63. The number of isocyanates is 1. The summed E-state index contributed by atoms with van der Waals surface area (Å²) in [5.74, 6) is 0.652. The summed E-state index contributed by atoms with van der Waals surface area (Å²) in [5, 5.41) is 0.127. The molecule has 1 saturated heterocycles. The Hall–Kier alpha value is -1.50. The third-order valence-corrected chi connectivity index (χ3v) is 5.02. The highest BCUT2D eigenvalue weighted by Crippen LogP contribution is 2.20. The van der Waals surface area contributed by atoms with Crippen LogP contribution >= 0.6 is 0 Å². The van der Waals surface area contributed by atoms with Crippen LogP contribution in [0.25, 0.3) is 0 Å². The number of hydrogen-bond donors (Lipinski definition) is 1. The SMILES string of the molecule is CCc1ncc(S(=O)(=O)N2CCC(N=C=O)CC2)[nH]1. The number of nitrogens with zero attached hydrogens (tertiary/aromatic N) is 3. The molecule has 0 atom stereocenters. The van der Waals surface area contributed by atoms with E-state index in [0.29, 0.717) is 38.2 Å². The molecule has 0 bridgehead atoms. The minimum atomic E-state index is -3.51. The molecular weight excluding hydrogens is 268 g/mol. The lowest BCUT2D eigenvalue weighted by Gasteiger charge is -2.28. The number of hydrogen-bond acceptors (Lipinski definition) is 5. The normalized spacial score (nSPS) is 18.2. The molecule has 0 saturated carbocycles. The Morgan fingerprint density at radius 1 is 1.53 bits per heavy atom. The van der Waals surface area contributed by atoms with Gasteiger partial charge < -0.3 is 4.98 Å². The molecule has 104 valence electrons. The maximum atomic E-state index is 12.3. The van der Waals surface area contributed by atoms with Gasteiger partial charge in [0.2, 0.25) is 6.08 Å². The van der Waals surface area contributed by atoms with Crippen molar-refractivity contribution in [1.29, 1.82) is 0 Å². The summed E-state index contributed by atoms with van der Waals surface area (Å²) in [6, 6.07) is -0.114. The molecule has 0 aromatic carbocycles. The highest BCUT2D eigenvalue weighted by Gasteiger charge is 2.30. The van der Waals surface area contributed by atoms with E-state index < -0.39 is 10.0 Å². The molecule has 0 unspecified atom stereocenters. The van der Waals surface area contributed by atoms with Crippen LogP contribution in [0, 0.1) is 0 Å². The number of carbonyl (C=O) groups excluding carboxylic acids is 1. The Bertz CT molecular complexity index is 581. The Labute approximate surface area is 111 Å². The first kappa shape index (κ1) is 13.9. The zero-order valence-electron chi connectivity index (χ0n) is 10.7. The van der Waals surface area contributed by atoms with Crippen LogP contribution in [-0.4, -0.2) is 47.9 Å². The molecule has 7 nitrogen and oxygen atoms in total. The molecule has 8 heteroatoms. The van der Waals surface area contributed by atoms with E-state index in [1.54, 1.807) is 0 Å². The van der Waals surface area contributed by atoms with Gasteiger partial charge in [0.1, 0.15) is 5.82 Å². The second-order valence-corrected chi connectivity index (χ2v) is 6.31. The van der Waals surface area contributed by atoms with Gasteiger partial charge in [0.05, 0.1) is 12.2 Å². The zero-order valence-corrected chi connectivity index (χ0v) is 11.5. The van der Waals surface area contributed by atoms with Gasteiger partial charge in [-0.1, -0.05) is 6.92 Å². The quantitative estimate of drug-likeness (QED) is 0.642. The maximum Gasteiger partial charge on any atom is 0.260 e. The van der Waals surface area contributed by atoms with Gasteiger partial charge in [-0.05, 0) is 12.8 Å². The number of sulfonamides is 1. The average molecular weight is 284 g/mol. The number of aromatic amines is 1. The minimum absolute atomic E-state index is 0.114. The van der Waals surface area contributed by atoms with Crippen molar-refractivity contribution in [2.24, 2.45) is 4.99 Å². The monoisotopic (exact) mass is 284 g/mol. The number of aromatic nitrogens is 2. The van der Waals surface area contributed by atoms with E-state index in [4.69, 9.17) is 0 Å². The van der Waals surface area contributed by atoms with E-state index in [1.165, 1.54) is 16.6 Å². The van der Waals surface area contributed by atoms with Crippen molar-refractivity contribution in [3.63, 3.8) is 0 Å². The fraction of sp³-hybridized carbons (Fsp3) is 0.636. The Balaban J connectivity index is 2.11. The van der Waals surface area contributed by atoms with Crippen LogP contribution in [0.3, 0.4) is 0 Å². The summed E-state index contributed by atoms with van der Waals surface area (Å²) >= 11 is 0. The van der Waals surface area contributed by atoms with Gasteiger partial charge in [-0.3, -0.25) is 0 Å². The Kier molecular flexibility index (Phi) is 4.14. The molecule has 1 N–H and O–H groups in total. The fourth-order valence-corrected chi connectivity index (χ4v) is 3.48. The molecular formula is C11H16N4O3S. The predicted molar refractivity (Wildman–Crippen MR) is 67.9 cm³/mol. The van der Waals surface area contributed by atoms with E-state index in [1.807, 2.05) is 6.92 Å². The number of imidazole rings is 1. The molecule has 2 heterocycles. The highest BCUT2D eigenvalue weighted by molar-refractivity contribution is 7.89. The van der Waals surface area contributed by atoms with Crippen LogP contribution in [0.5, 0.6) is 0 Å². The van der Waals surface area contributed by atoms with Crippen molar-refractivity contribution in [3.8, 4) is 0 Å². The van der Waals surface area contributed by atoms with Gasteiger partial charge in [-0.25, -0.2) is 23.2 Å². The summed E-state index contributed by atoms with van der Waals surface area (Å²) in [6.07, 6.45) is 4.62. The molecule has 0 aliphatic carbocycles. The van der Waals surface area contributed by atoms with Gasteiger partial charge in [0.25, 0.3) is 10.0 Å². The van der Waals surface area contributed by atoms with Crippen LogP contribution in [0.1, 0.15) is 25.6 Å². The number of nitrogens with one attached hydrogen (secondary N) is 1. The summed E-state index contributed by atoms with van der Waals surface area (Å²) < 4.78 is 26.1. The largest absolute Gasteiger partial charge is 0.332 e. The Morgan fingerprint density at radius 2 is 2.21 bits per heavy atom. The lowest BCUT2D eigenvalue weighted by atomic mass is 10.1. The molecule has 19 heavy (non-hydrogen) atoms. The second-order valence-electron chi connectivity index (χ2n) is 4.40. The van der Waals surface area contributed by atoms with Gasteiger partial charge >= 0.3 is 0 Å². The lowest BCUT2D eigenvalue weighted by Crippen LogP contribution is -2.39. The van der Waals surface area contributed by atoms with Gasteiger partial charge in [-0.2, -0.15) is 4.31 Å². The minimum Gasteiger partial charge on any atom is -0.332 e. The standard InChI is InChI=1S/C11H16N4O3S/c1-2-10-12-7-11(14-10)19(17,18)15-5-3-9(4-6-15)13-8-16/h7,9H,2-6H2,1H3,(H,12,14). The highest BCUT2D eigenvalue weighted by atomic mass is 32.2. The topological polar surface area (TPSA) is 95.5 Å². The van der Waals surface area contributed by atoms with Crippen LogP contribution < -0.4 is 0 Å². The first-order chi connectivity index (χ1) is 9.07. The van der Waals surface area contributed by atoms with Gasteiger partial charge in [-0.15, -0.1) is 0 Å². The number of aliphatic imine (C=N–C) groups is 1. The molecule has 1 aliphatic rings.